The minimum absolute atomic E-state index is 0.248. The van der Waals surface area contributed by atoms with Gasteiger partial charge in [-0.3, -0.25) is 15.0 Å². The van der Waals surface area contributed by atoms with Crippen molar-refractivity contribution in [1.29, 1.82) is 0 Å². The first-order chi connectivity index (χ1) is 9.99. The van der Waals surface area contributed by atoms with Gasteiger partial charge in [0.25, 0.3) is 0 Å². The molecule has 1 saturated heterocycles. The van der Waals surface area contributed by atoms with E-state index in [4.69, 9.17) is 0 Å². The van der Waals surface area contributed by atoms with Crippen molar-refractivity contribution in [2.75, 3.05) is 20.1 Å². The molecule has 1 aromatic rings. The molecule has 1 fully saturated rings. The van der Waals surface area contributed by atoms with E-state index >= 15 is 0 Å². The molecule has 2 atom stereocenters. The van der Waals surface area contributed by atoms with E-state index in [0.29, 0.717) is 12.0 Å². The zero-order valence-corrected chi connectivity index (χ0v) is 13.9. The third-order valence-electron chi connectivity index (χ3n) is 4.13. The standard InChI is InChI=1S/C15H25N3O2S/c1-11(2)16-10-12-6-4-5-9-17(3)15(12)13-7-8-14(21-13)18(19)20/h7-8,11-12,15-16H,4-6,9-10H2,1-3H3. The fourth-order valence-electron chi connectivity index (χ4n) is 3.07. The van der Waals surface area contributed by atoms with Gasteiger partial charge in [-0.15, -0.1) is 0 Å². The maximum absolute atomic E-state index is 10.9. The maximum Gasteiger partial charge on any atom is 0.324 e. The quantitative estimate of drug-likeness (QED) is 0.668. The van der Waals surface area contributed by atoms with Crippen molar-refractivity contribution < 1.29 is 4.92 Å². The second kappa shape index (κ2) is 7.33. The molecule has 2 unspecified atom stereocenters. The summed E-state index contributed by atoms with van der Waals surface area (Å²) < 4.78 is 0. The Kier molecular flexibility index (Phi) is 5.72. The van der Waals surface area contributed by atoms with E-state index in [0.717, 1.165) is 18.0 Å². The molecular weight excluding hydrogens is 286 g/mol. The highest BCUT2D eigenvalue weighted by atomic mass is 32.1. The van der Waals surface area contributed by atoms with Crippen LogP contribution in [0.3, 0.4) is 0 Å². The molecule has 0 amide bonds. The van der Waals surface area contributed by atoms with E-state index in [1.165, 1.54) is 30.6 Å². The molecule has 0 spiro atoms. The van der Waals surface area contributed by atoms with Crippen molar-refractivity contribution in [3.8, 4) is 0 Å². The highest BCUT2D eigenvalue weighted by Crippen LogP contribution is 2.39. The van der Waals surface area contributed by atoms with Crippen molar-refractivity contribution in [2.45, 2.75) is 45.2 Å². The lowest BCUT2D eigenvalue weighted by Gasteiger charge is -2.32. The van der Waals surface area contributed by atoms with Crippen molar-refractivity contribution in [2.24, 2.45) is 5.92 Å². The zero-order valence-electron chi connectivity index (χ0n) is 13.0. The molecule has 1 N–H and O–H groups in total. The van der Waals surface area contributed by atoms with Crippen LogP contribution in [0.4, 0.5) is 5.00 Å². The van der Waals surface area contributed by atoms with Crippen LogP contribution < -0.4 is 5.32 Å². The molecule has 0 aromatic carbocycles. The lowest BCUT2D eigenvalue weighted by Crippen LogP contribution is -2.36. The summed E-state index contributed by atoms with van der Waals surface area (Å²) in [7, 11) is 2.14. The second-order valence-electron chi connectivity index (χ2n) is 6.18. The summed E-state index contributed by atoms with van der Waals surface area (Å²) in [5.41, 5.74) is 0. The lowest BCUT2D eigenvalue weighted by atomic mass is 9.93. The summed E-state index contributed by atoms with van der Waals surface area (Å²) in [5, 5.41) is 14.7. The Morgan fingerprint density at radius 3 is 2.86 bits per heavy atom. The number of rotatable bonds is 5. The van der Waals surface area contributed by atoms with E-state index in [1.54, 1.807) is 6.07 Å². The van der Waals surface area contributed by atoms with E-state index < -0.39 is 0 Å². The van der Waals surface area contributed by atoms with Gasteiger partial charge in [0.05, 0.1) is 4.92 Å². The number of nitro groups is 1. The monoisotopic (exact) mass is 311 g/mol. The van der Waals surface area contributed by atoms with Gasteiger partial charge in [-0.1, -0.05) is 31.6 Å². The van der Waals surface area contributed by atoms with E-state index in [1.807, 2.05) is 6.07 Å². The van der Waals surface area contributed by atoms with Gasteiger partial charge in [0.1, 0.15) is 0 Å². The molecule has 5 nitrogen and oxygen atoms in total. The van der Waals surface area contributed by atoms with Gasteiger partial charge in [0.15, 0.2) is 0 Å². The maximum atomic E-state index is 10.9. The molecule has 0 aliphatic carbocycles. The average Bonchev–Trinajstić information content (AvgIpc) is 2.82. The van der Waals surface area contributed by atoms with Gasteiger partial charge in [-0.05, 0) is 38.4 Å². The topological polar surface area (TPSA) is 58.4 Å². The van der Waals surface area contributed by atoms with Crippen molar-refractivity contribution >= 4 is 16.3 Å². The van der Waals surface area contributed by atoms with Crippen LogP contribution in [0.25, 0.3) is 0 Å². The molecule has 6 heteroatoms. The van der Waals surface area contributed by atoms with Gasteiger partial charge >= 0.3 is 5.00 Å². The predicted molar refractivity (Wildman–Crippen MR) is 86.8 cm³/mol. The lowest BCUT2D eigenvalue weighted by molar-refractivity contribution is -0.380. The molecular formula is C15H25N3O2S. The number of hydrogen-bond acceptors (Lipinski definition) is 5. The van der Waals surface area contributed by atoms with E-state index in [2.05, 4.69) is 31.1 Å². The second-order valence-corrected chi connectivity index (χ2v) is 7.27. The Bertz CT molecular complexity index is 475. The Balaban J connectivity index is 2.20. The zero-order chi connectivity index (χ0) is 15.4. The van der Waals surface area contributed by atoms with Crippen LogP contribution >= 0.6 is 11.3 Å². The Morgan fingerprint density at radius 2 is 2.24 bits per heavy atom. The third-order valence-corrected chi connectivity index (χ3v) is 5.24. The van der Waals surface area contributed by atoms with Gasteiger partial charge in [-0.25, -0.2) is 0 Å². The summed E-state index contributed by atoms with van der Waals surface area (Å²) in [4.78, 5) is 14.1. The Morgan fingerprint density at radius 1 is 1.48 bits per heavy atom. The Hall–Kier alpha value is -0.980. The summed E-state index contributed by atoms with van der Waals surface area (Å²) in [5.74, 6) is 0.512. The Labute approximate surface area is 130 Å². The molecule has 0 radical (unpaired) electrons. The van der Waals surface area contributed by atoms with E-state index in [9.17, 15) is 10.1 Å². The summed E-state index contributed by atoms with van der Waals surface area (Å²) in [6.45, 7) is 6.35. The van der Waals surface area contributed by atoms with Crippen LogP contribution in [0.15, 0.2) is 12.1 Å². The largest absolute Gasteiger partial charge is 0.324 e. The molecule has 118 valence electrons. The van der Waals surface area contributed by atoms with Gasteiger partial charge < -0.3 is 5.32 Å². The van der Waals surface area contributed by atoms with Gasteiger partial charge in [-0.2, -0.15) is 0 Å². The first kappa shape index (κ1) is 16.4. The van der Waals surface area contributed by atoms with Crippen LogP contribution in [0.2, 0.25) is 0 Å². The predicted octanol–water partition coefficient (Wildman–Crippen LogP) is 3.43. The van der Waals surface area contributed by atoms with Crippen molar-refractivity contribution in [1.82, 2.24) is 10.2 Å². The smallest absolute Gasteiger partial charge is 0.314 e. The minimum Gasteiger partial charge on any atom is -0.314 e. The molecule has 0 bridgehead atoms. The summed E-state index contributed by atoms with van der Waals surface area (Å²) in [6, 6.07) is 4.35. The molecule has 0 saturated carbocycles. The molecule has 1 aliphatic rings. The number of hydrogen-bond donors (Lipinski definition) is 1. The molecule has 2 heterocycles. The van der Waals surface area contributed by atoms with Crippen LogP contribution in [-0.2, 0) is 0 Å². The van der Waals surface area contributed by atoms with Gasteiger partial charge in [0, 0.05) is 29.6 Å². The number of thiophene rings is 1. The SMILES string of the molecule is CC(C)NCC1CCCCN(C)C1c1ccc([N+](=O)[O-])s1. The van der Waals surface area contributed by atoms with E-state index in [-0.39, 0.29) is 16.0 Å². The third kappa shape index (κ3) is 4.25. The highest BCUT2D eigenvalue weighted by Gasteiger charge is 2.31. The molecule has 1 aliphatic heterocycles. The van der Waals surface area contributed by atoms with Crippen LogP contribution in [0.5, 0.6) is 0 Å². The molecule has 21 heavy (non-hydrogen) atoms. The fraction of sp³-hybridized carbons (Fsp3) is 0.733. The average molecular weight is 311 g/mol. The number of likely N-dealkylation sites (tertiary alicyclic amines) is 1. The van der Waals surface area contributed by atoms with Crippen LogP contribution in [-0.4, -0.2) is 36.0 Å². The highest BCUT2D eigenvalue weighted by molar-refractivity contribution is 7.15. The number of nitrogens with zero attached hydrogens (tertiary/aromatic N) is 2. The van der Waals surface area contributed by atoms with Crippen molar-refractivity contribution in [3.63, 3.8) is 0 Å². The first-order valence-corrected chi connectivity index (χ1v) is 8.48. The molecule has 1 aromatic heterocycles. The van der Waals surface area contributed by atoms with Gasteiger partial charge in [0.2, 0.25) is 0 Å². The minimum atomic E-state index is -0.285. The normalized spacial score (nSPS) is 24.2. The first-order valence-electron chi connectivity index (χ1n) is 7.66. The number of nitrogens with one attached hydrogen (secondary N) is 1. The van der Waals surface area contributed by atoms with Crippen LogP contribution in [0, 0.1) is 16.0 Å². The summed E-state index contributed by atoms with van der Waals surface area (Å²) in [6.07, 6.45) is 3.62. The molecule has 2 rings (SSSR count). The van der Waals surface area contributed by atoms with Crippen LogP contribution in [0.1, 0.15) is 44.0 Å². The summed E-state index contributed by atoms with van der Waals surface area (Å²) >= 11 is 1.33. The van der Waals surface area contributed by atoms with Crippen molar-refractivity contribution in [3.05, 3.63) is 27.1 Å². The fourth-order valence-corrected chi connectivity index (χ4v) is 4.16.